The first-order valence-corrected chi connectivity index (χ1v) is 8.22. The molecule has 2 aromatic carbocycles. The second-order valence-corrected chi connectivity index (χ2v) is 6.19. The number of aliphatic hydroxyl groups is 1. The molecule has 2 heterocycles. The van der Waals surface area contributed by atoms with Crippen LogP contribution in [0.2, 0.25) is 0 Å². The van der Waals surface area contributed by atoms with E-state index in [1.807, 2.05) is 36.4 Å². The van der Waals surface area contributed by atoms with Crippen molar-refractivity contribution >= 4 is 0 Å². The molecule has 0 aromatic heterocycles. The third-order valence-corrected chi connectivity index (χ3v) is 4.71. The molecule has 1 saturated heterocycles. The summed E-state index contributed by atoms with van der Waals surface area (Å²) in [6.07, 6.45) is 3.82. The molecule has 4 nitrogen and oxygen atoms in total. The Hall–Kier alpha value is -2.30. The standard InChI is InChI=1S/C20H20O4/c21-20(8-10-22-11-9-20)16-6-7-17(15-4-2-1-3-5-15)18(14-16)19-23-12-13-24-19/h1-7,12-14,19,21H,8-11H2. The Morgan fingerprint density at radius 3 is 2.33 bits per heavy atom. The highest BCUT2D eigenvalue weighted by molar-refractivity contribution is 5.68. The number of ether oxygens (including phenoxy) is 3. The van der Waals surface area contributed by atoms with Gasteiger partial charge in [-0.05, 0) is 22.8 Å². The molecule has 0 radical (unpaired) electrons. The smallest absolute Gasteiger partial charge is 0.266 e. The van der Waals surface area contributed by atoms with Gasteiger partial charge in [-0.3, -0.25) is 0 Å². The lowest BCUT2D eigenvalue weighted by molar-refractivity contribution is -0.0683. The molecule has 2 aliphatic heterocycles. The molecule has 4 rings (SSSR count). The Bertz CT molecular complexity index is 725. The SMILES string of the molecule is OC1(c2ccc(-c3ccccc3)c(C3OC=CO3)c2)CCOCC1. The molecule has 0 saturated carbocycles. The molecule has 0 aliphatic carbocycles. The Morgan fingerprint density at radius 1 is 0.917 bits per heavy atom. The first-order valence-electron chi connectivity index (χ1n) is 8.22. The van der Waals surface area contributed by atoms with Crippen LogP contribution in [0.5, 0.6) is 0 Å². The number of rotatable bonds is 3. The van der Waals surface area contributed by atoms with Crippen LogP contribution < -0.4 is 0 Å². The summed E-state index contributed by atoms with van der Waals surface area (Å²) in [5.74, 6) is 0. The van der Waals surface area contributed by atoms with Gasteiger partial charge in [0.25, 0.3) is 6.29 Å². The largest absolute Gasteiger partial charge is 0.455 e. The second-order valence-electron chi connectivity index (χ2n) is 6.19. The molecule has 4 heteroatoms. The second kappa shape index (κ2) is 6.30. The lowest BCUT2D eigenvalue weighted by Crippen LogP contribution is -2.33. The first-order chi connectivity index (χ1) is 11.8. The van der Waals surface area contributed by atoms with E-state index >= 15 is 0 Å². The van der Waals surface area contributed by atoms with Crippen molar-refractivity contribution in [2.24, 2.45) is 0 Å². The summed E-state index contributed by atoms with van der Waals surface area (Å²) in [5, 5.41) is 11.0. The molecule has 124 valence electrons. The molecule has 0 spiro atoms. The zero-order valence-electron chi connectivity index (χ0n) is 13.4. The van der Waals surface area contributed by atoms with Gasteiger partial charge in [0.05, 0.1) is 5.60 Å². The van der Waals surface area contributed by atoms with E-state index in [-0.39, 0.29) is 0 Å². The molecular weight excluding hydrogens is 304 g/mol. The van der Waals surface area contributed by atoms with Crippen molar-refractivity contribution in [3.8, 4) is 11.1 Å². The Labute approximate surface area is 141 Å². The van der Waals surface area contributed by atoms with Gasteiger partial charge in [0.15, 0.2) is 0 Å². The lowest BCUT2D eigenvalue weighted by atomic mass is 9.84. The maximum atomic E-state index is 11.0. The predicted octanol–water partition coefficient (Wildman–Crippen LogP) is 3.87. The molecule has 1 fully saturated rings. The Balaban J connectivity index is 1.78. The fourth-order valence-electron chi connectivity index (χ4n) is 3.31. The molecule has 2 aromatic rings. The summed E-state index contributed by atoms with van der Waals surface area (Å²) in [7, 11) is 0. The van der Waals surface area contributed by atoms with E-state index in [1.165, 1.54) is 0 Å². The van der Waals surface area contributed by atoms with Crippen LogP contribution in [0, 0.1) is 0 Å². The average Bonchev–Trinajstić information content (AvgIpc) is 3.17. The minimum absolute atomic E-state index is 0.483. The Kier molecular flexibility index (Phi) is 4.00. The molecule has 1 N–H and O–H groups in total. The van der Waals surface area contributed by atoms with Crippen LogP contribution >= 0.6 is 0 Å². The van der Waals surface area contributed by atoms with Gasteiger partial charge >= 0.3 is 0 Å². The van der Waals surface area contributed by atoms with Gasteiger partial charge in [0, 0.05) is 31.6 Å². The molecule has 0 bridgehead atoms. The average molecular weight is 324 g/mol. The van der Waals surface area contributed by atoms with Crippen molar-refractivity contribution in [1.29, 1.82) is 0 Å². The molecule has 24 heavy (non-hydrogen) atoms. The van der Waals surface area contributed by atoms with Crippen LogP contribution in [0.15, 0.2) is 61.1 Å². The van der Waals surface area contributed by atoms with Gasteiger partial charge in [-0.1, -0.05) is 42.5 Å². The lowest BCUT2D eigenvalue weighted by Gasteiger charge is -2.33. The van der Waals surface area contributed by atoms with Crippen LogP contribution in [-0.2, 0) is 19.8 Å². The molecule has 0 atom stereocenters. The van der Waals surface area contributed by atoms with Gasteiger partial charge in [0.2, 0.25) is 0 Å². The van der Waals surface area contributed by atoms with Crippen LogP contribution in [0.25, 0.3) is 11.1 Å². The van der Waals surface area contributed by atoms with Crippen molar-refractivity contribution in [2.45, 2.75) is 24.7 Å². The minimum Gasteiger partial charge on any atom is -0.455 e. The molecular formula is C20H20O4. The van der Waals surface area contributed by atoms with Gasteiger partial charge in [-0.15, -0.1) is 0 Å². The van der Waals surface area contributed by atoms with E-state index in [0.29, 0.717) is 26.1 Å². The maximum Gasteiger partial charge on any atom is 0.266 e. The normalized spacial score (nSPS) is 19.7. The highest BCUT2D eigenvalue weighted by Gasteiger charge is 2.33. The van der Waals surface area contributed by atoms with Crippen molar-refractivity contribution < 1.29 is 19.3 Å². The van der Waals surface area contributed by atoms with Crippen LogP contribution in [0.4, 0.5) is 0 Å². The quantitative estimate of drug-likeness (QED) is 0.931. The van der Waals surface area contributed by atoms with E-state index in [2.05, 4.69) is 12.1 Å². The summed E-state index contributed by atoms with van der Waals surface area (Å²) in [4.78, 5) is 0. The van der Waals surface area contributed by atoms with Crippen molar-refractivity contribution in [2.75, 3.05) is 13.2 Å². The third-order valence-electron chi connectivity index (χ3n) is 4.71. The first kappa shape index (κ1) is 15.2. The number of hydrogen-bond donors (Lipinski definition) is 1. The molecule has 0 amide bonds. The van der Waals surface area contributed by atoms with E-state index in [9.17, 15) is 5.11 Å². The van der Waals surface area contributed by atoms with E-state index in [1.54, 1.807) is 12.5 Å². The van der Waals surface area contributed by atoms with Crippen molar-refractivity contribution in [3.63, 3.8) is 0 Å². The van der Waals surface area contributed by atoms with E-state index in [4.69, 9.17) is 14.2 Å². The van der Waals surface area contributed by atoms with Gasteiger partial charge in [-0.2, -0.15) is 0 Å². The highest BCUT2D eigenvalue weighted by atomic mass is 16.7. The van der Waals surface area contributed by atoms with E-state index < -0.39 is 11.9 Å². The highest BCUT2D eigenvalue weighted by Crippen LogP contribution is 2.38. The summed E-state index contributed by atoms with van der Waals surface area (Å²) in [6.45, 7) is 1.15. The molecule has 2 aliphatic rings. The van der Waals surface area contributed by atoms with Gasteiger partial charge in [0.1, 0.15) is 12.5 Å². The fourth-order valence-corrected chi connectivity index (χ4v) is 3.31. The number of benzene rings is 2. The zero-order valence-corrected chi connectivity index (χ0v) is 13.4. The van der Waals surface area contributed by atoms with Crippen molar-refractivity contribution in [3.05, 3.63) is 72.2 Å². The van der Waals surface area contributed by atoms with Gasteiger partial charge < -0.3 is 19.3 Å². The summed E-state index contributed by atoms with van der Waals surface area (Å²) < 4.78 is 16.5. The van der Waals surface area contributed by atoms with Crippen LogP contribution in [0.1, 0.15) is 30.3 Å². The maximum absolute atomic E-state index is 11.0. The topological polar surface area (TPSA) is 47.9 Å². The summed E-state index contributed by atoms with van der Waals surface area (Å²) in [6, 6.07) is 16.2. The monoisotopic (exact) mass is 324 g/mol. The Morgan fingerprint density at radius 2 is 1.62 bits per heavy atom. The van der Waals surface area contributed by atoms with Crippen LogP contribution in [-0.4, -0.2) is 18.3 Å². The third kappa shape index (κ3) is 2.79. The van der Waals surface area contributed by atoms with Gasteiger partial charge in [-0.25, -0.2) is 0 Å². The fraction of sp³-hybridized carbons (Fsp3) is 0.300. The van der Waals surface area contributed by atoms with Crippen molar-refractivity contribution in [1.82, 2.24) is 0 Å². The zero-order chi connectivity index (χ0) is 16.4. The van der Waals surface area contributed by atoms with E-state index in [0.717, 1.165) is 22.3 Å². The van der Waals surface area contributed by atoms with Crippen LogP contribution in [0.3, 0.4) is 0 Å². The minimum atomic E-state index is -0.853. The summed E-state index contributed by atoms with van der Waals surface area (Å²) in [5.41, 5.74) is 3.10. The predicted molar refractivity (Wildman–Crippen MR) is 89.9 cm³/mol. The number of hydrogen-bond acceptors (Lipinski definition) is 4. The summed E-state index contributed by atoms with van der Waals surface area (Å²) >= 11 is 0. The molecule has 0 unspecified atom stereocenters.